The van der Waals surface area contributed by atoms with E-state index in [1.54, 1.807) is 0 Å². The maximum Gasteiger partial charge on any atom is 0.408 e. The summed E-state index contributed by atoms with van der Waals surface area (Å²) in [4.78, 5) is 21.3. The zero-order valence-electron chi connectivity index (χ0n) is 8.33. The summed E-state index contributed by atoms with van der Waals surface area (Å²) in [5, 5.41) is 10.7. The van der Waals surface area contributed by atoms with Gasteiger partial charge in [0.2, 0.25) is 0 Å². The van der Waals surface area contributed by atoms with Crippen molar-refractivity contribution < 1.29 is 19.4 Å². The van der Waals surface area contributed by atoms with Crippen LogP contribution in [0.25, 0.3) is 0 Å². The molecular formula is C9H13NO4. The predicted octanol–water partition coefficient (Wildman–Crippen LogP) is 0.455. The number of rotatable bonds is 2. The second-order valence-corrected chi connectivity index (χ2v) is 2.85. The van der Waals surface area contributed by atoms with Crippen LogP contribution in [0.2, 0.25) is 0 Å². The van der Waals surface area contributed by atoms with Crippen molar-refractivity contribution in [1.82, 2.24) is 5.32 Å². The molecule has 1 atom stereocenters. The first-order valence-corrected chi connectivity index (χ1v) is 4.05. The lowest BCUT2D eigenvalue weighted by Crippen LogP contribution is -2.39. The lowest BCUT2D eigenvalue weighted by atomic mass is 10.2. The minimum absolute atomic E-state index is 0.0521. The van der Waals surface area contributed by atoms with E-state index in [9.17, 15) is 9.59 Å². The molecule has 0 aliphatic heterocycles. The van der Waals surface area contributed by atoms with Gasteiger partial charge in [0, 0.05) is 5.92 Å². The molecule has 0 heterocycles. The van der Waals surface area contributed by atoms with Crippen molar-refractivity contribution in [3.8, 4) is 11.8 Å². The molecule has 0 radical (unpaired) electrons. The molecule has 1 amide bonds. The van der Waals surface area contributed by atoms with E-state index in [-0.39, 0.29) is 5.92 Å². The third-order valence-corrected chi connectivity index (χ3v) is 1.21. The minimum atomic E-state index is -1.22. The van der Waals surface area contributed by atoms with Crippen LogP contribution in [-0.4, -0.2) is 30.3 Å². The summed E-state index contributed by atoms with van der Waals surface area (Å²) in [7, 11) is 1.16. The Morgan fingerprint density at radius 2 is 1.93 bits per heavy atom. The molecule has 0 bridgehead atoms. The van der Waals surface area contributed by atoms with Crippen LogP contribution in [0.5, 0.6) is 0 Å². The molecule has 0 aromatic rings. The van der Waals surface area contributed by atoms with Crippen molar-refractivity contribution >= 4 is 12.1 Å². The maximum absolute atomic E-state index is 10.7. The molecule has 5 nitrogen and oxygen atoms in total. The molecule has 14 heavy (non-hydrogen) atoms. The largest absolute Gasteiger partial charge is 0.479 e. The smallest absolute Gasteiger partial charge is 0.408 e. The highest BCUT2D eigenvalue weighted by molar-refractivity contribution is 5.82. The van der Waals surface area contributed by atoms with E-state index in [1.165, 1.54) is 0 Å². The number of carbonyl (C=O) groups excluding carboxylic acids is 1. The topological polar surface area (TPSA) is 75.6 Å². The summed E-state index contributed by atoms with van der Waals surface area (Å²) >= 11 is 0. The first kappa shape index (κ1) is 12.3. The summed E-state index contributed by atoms with van der Waals surface area (Å²) < 4.78 is 4.26. The second-order valence-electron chi connectivity index (χ2n) is 2.85. The number of amides is 1. The lowest BCUT2D eigenvalue weighted by Gasteiger charge is -2.06. The Kier molecular flexibility index (Phi) is 5.15. The van der Waals surface area contributed by atoms with Crippen LogP contribution in [0.15, 0.2) is 0 Å². The first-order valence-electron chi connectivity index (χ1n) is 4.05. The average molecular weight is 199 g/mol. The molecule has 0 saturated carbocycles. The molecule has 0 spiro atoms. The summed E-state index contributed by atoms with van der Waals surface area (Å²) in [6.45, 7) is 3.65. The van der Waals surface area contributed by atoms with Gasteiger partial charge in [0.1, 0.15) is 0 Å². The lowest BCUT2D eigenvalue weighted by molar-refractivity contribution is -0.137. The highest BCUT2D eigenvalue weighted by Gasteiger charge is 2.16. The molecule has 78 valence electrons. The van der Waals surface area contributed by atoms with E-state index in [0.29, 0.717) is 0 Å². The minimum Gasteiger partial charge on any atom is -0.479 e. The van der Waals surface area contributed by atoms with Gasteiger partial charge in [-0.2, -0.15) is 0 Å². The van der Waals surface area contributed by atoms with E-state index in [4.69, 9.17) is 5.11 Å². The van der Waals surface area contributed by atoms with Gasteiger partial charge in [0.25, 0.3) is 0 Å². The summed E-state index contributed by atoms with van der Waals surface area (Å²) in [6.07, 6.45) is -0.810. The van der Waals surface area contributed by atoms with Crippen LogP contribution in [0.1, 0.15) is 13.8 Å². The van der Waals surface area contributed by atoms with Crippen molar-refractivity contribution in [2.75, 3.05) is 7.11 Å². The van der Waals surface area contributed by atoms with Crippen LogP contribution in [0.4, 0.5) is 4.79 Å². The van der Waals surface area contributed by atoms with Crippen molar-refractivity contribution in [2.24, 2.45) is 5.92 Å². The Morgan fingerprint density at radius 3 is 2.29 bits per heavy atom. The molecule has 5 heteroatoms. The Morgan fingerprint density at radius 1 is 1.36 bits per heavy atom. The fourth-order valence-electron chi connectivity index (χ4n) is 0.586. The number of alkyl carbamates (subject to hydrolysis) is 1. The molecule has 0 aliphatic rings. The van der Waals surface area contributed by atoms with Gasteiger partial charge >= 0.3 is 12.1 Å². The van der Waals surface area contributed by atoms with Crippen LogP contribution in [-0.2, 0) is 9.53 Å². The Balaban J connectivity index is 4.41. The SMILES string of the molecule is COC(=O)NC(C#CC(C)C)C(=O)O. The third kappa shape index (κ3) is 5.04. The summed E-state index contributed by atoms with van der Waals surface area (Å²) in [6, 6.07) is -1.22. The second kappa shape index (κ2) is 5.86. The Labute approximate surface area is 82.4 Å². The van der Waals surface area contributed by atoms with Gasteiger partial charge in [-0.05, 0) is 0 Å². The van der Waals surface area contributed by atoms with E-state index in [0.717, 1.165) is 7.11 Å². The number of aliphatic carboxylic acids is 1. The molecule has 0 aliphatic carbocycles. The van der Waals surface area contributed by atoms with Crippen molar-refractivity contribution in [3.63, 3.8) is 0 Å². The van der Waals surface area contributed by atoms with Crippen molar-refractivity contribution in [2.45, 2.75) is 19.9 Å². The maximum atomic E-state index is 10.7. The highest BCUT2D eigenvalue weighted by atomic mass is 16.5. The van der Waals surface area contributed by atoms with E-state index in [2.05, 4.69) is 21.9 Å². The monoisotopic (exact) mass is 199 g/mol. The van der Waals surface area contributed by atoms with Gasteiger partial charge in [-0.3, -0.25) is 5.32 Å². The third-order valence-electron chi connectivity index (χ3n) is 1.21. The van der Waals surface area contributed by atoms with Gasteiger partial charge < -0.3 is 9.84 Å². The van der Waals surface area contributed by atoms with E-state index < -0.39 is 18.1 Å². The zero-order chi connectivity index (χ0) is 11.1. The van der Waals surface area contributed by atoms with Gasteiger partial charge in [-0.25, -0.2) is 9.59 Å². The van der Waals surface area contributed by atoms with Crippen molar-refractivity contribution in [3.05, 3.63) is 0 Å². The number of ether oxygens (including phenoxy) is 1. The average Bonchev–Trinajstić information content (AvgIpc) is 2.10. The van der Waals surface area contributed by atoms with Gasteiger partial charge in [0.05, 0.1) is 7.11 Å². The zero-order valence-corrected chi connectivity index (χ0v) is 8.33. The molecule has 0 rings (SSSR count). The molecular weight excluding hydrogens is 186 g/mol. The number of hydrogen-bond acceptors (Lipinski definition) is 3. The molecule has 0 fully saturated rings. The normalized spacial score (nSPS) is 11.1. The van der Waals surface area contributed by atoms with Gasteiger partial charge in [-0.1, -0.05) is 25.7 Å². The van der Waals surface area contributed by atoms with Gasteiger partial charge in [-0.15, -0.1) is 0 Å². The predicted molar refractivity (Wildman–Crippen MR) is 49.6 cm³/mol. The van der Waals surface area contributed by atoms with Crippen LogP contribution < -0.4 is 5.32 Å². The molecule has 0 aromatic carbocycles. The molecule has 0 saturated heterocycles. The fourth-order valence-corrected chi connectivity index (χ4v) is 0.586. The fraction of sp³-hybridized carbons (Fsp3) is 0.556. The highest BCUT2D eigenvalue weighted by Crippen LogP contribution is 1.89. The standard InChI is InChI=1S/C9H13NO4/c1-6(2)4-5-7(8(11)12)10-9(13)14-3/h6-7H,1-3H3,(H,10,13)(H,11,12). The quantitative estimate of drug-likeness (QED) is 0.633. The number of carboxylic acid groups (broad SMARTS) is 1. The summed E-state index contributed by atoms with van der Waals surface area (Å²) in [5.41, 5.74) is 0. The van der Waals surface area contributed by atoms with Crippen LogP contribution in [0.3, 0.4) is 0 Å². The Bertz CT molecular complexity index is 274. The number of hydrogen-bond donors (Lipinski definition) is 2. The molecule has 2 N–H and O–H groups in total. The summed E-state index contributed by atoms with van der Waals surface area (Å²) in [5.74, 6) is 3.92. The molecule has 0 aromatic heterocycles. The number of carbonyl (C=O) groups is 2. The van der Waals surface area contributed by atoms with Gasteiger partial charge in [0.15, 0.2) is 6.04 Å². The van der Waals surface area contributed by atoms with E-state index >= 15 is 0 Å². The number of carboxylic acids is 1. The number of nitrogens with one attached hydrogen (secondary N) is 1. The van der Waals surface area contributed by atoms with E-state index in [1.807, 2.05) is 13.8 Å². The first-order chi connectivity index (χ1) is 6.47. The van der Waals surface area contributed by atoms with Crippen molar-refractivity contribution in [1.29, 1.82) is 0 Å². The van der Waals surface area contributed by atoms with Crippen LogP contribution in [0, 0.1) is 17.8 Å². The Hall–Kier alpha value is -1.70. The molecule has 1 unspecified atom stereocenters. The number of methoxy groups -OCH3 is 1. The van der Waals surface area contributed by atoms with Crippen LogP contribution >= 0.6 is 0 Å².